The minimum absolute atomic E-state index is 0.0412. The van der Waals surface area contributed by atoms with Crippen molar-refractivity contribution in [2.24, 2.45) is 0 Å². The molecular weight excluding hydrogens is 302 g/mol. The third-order valence-electron chi connectivity index (χ3n) is 4.14. The van der Waals surface area contributed by atoms with Crippen LogP contribution in [0, 0.1) is 0 Å². The minimum Gasteiger partial charge on any atom is -0.468 e. The lowest BCUT2D eigenvalue weighted by atomic mass is 10.1. The van der Waals surface area contributed by atoms with Crippen LogP contribution in [-0.2, 0) is 14.3 Å². The summed E-state index contributed by atoms with van der Waals surface area (Å²) in [6, 6.07) is -1.01. The van der Waals surface area contributed by atoms with Gasteiger partial charge in [0.1, 0.15) is 17.9 Å². The number of alkyl carbamates (subject to hydrolysis) is 1. The number of esters is 1. The summed E-state index contributed by atoms with van der Waals surface area (Å²) in [6.45, 7) is 6.38. The third-order valence-corrected chi connectivity index (χ3v) is 4.14. The normalized spacial score (nSPS) is 31.9. The fourth-order valence-electron chi connectivity index (χ4n) is 3.19. The van der Waals surface area contributed by atoms with Gasteiger partial charge in [-0.15, -0.1) is 0 Å². The summed E-state index contributed by atoms with van der Waals surface area (Å²) in [6.07, 6.45) is -0.136. The number of amides is 1. The smallest absolute Gasteiger partial charge is 0.408 e. The van der Waals surface area contributed by atoms with E-state index in [0.29, 0.717) is 19.5 Å². The fraction of sp³-hybridized carbons (Fsp3) is 0.867. The number of carbonyl (C=O) groups excluding carboxylic acids is 2. The lowest BCUT2D eigenvalue weighted by molar-refractivity contribution is -0.151. The van der Waals surface area contributed by atoms with Crippen molar-refractivity contribution in [3.63, 3.8) is 0 Å². The molecule has 1 amide bonds. The second-order valence-corrected chi connectivity index (χ2v) is 7.04. The van der Waals surface area contributed by atoms with Gasteiger partial charge in [0.15, 0.2) is 0 Å². The van der Waals surface area contributed by atoms with Gasteiger partial charge in [0, 0.05) is 19.1 Å². The van der Waals surface area contributed by atoms with Crippen molar-refractivity contribution < 1.29 is 24.2 Å². The molecular formula is C15H27N3O5. The van der Waals surface area contributed by atoms with Crippen LogP contribution in [0.1, 0.15) is 33.6 Å². The molecule has 2 fully saturated rings. The molecule has 0 bridgehead atoms. The zero-order valence-electron chi connectivity index (χ0n) is 14.2. The van der Waals surface area contributed by atoms with Gasteiger partial charge >= 0.3 is 12.1 Å². The molecule has 8 nitrogen and oxygen atoms in total. The van der Waals surface area contributed by atoms with Crippen LogP contribution in [0.3, 0.4) is 0 Å². The summed E-state index contributed by atoms with van der Waals surface area (Å²) < 4.78 is 10.1. The van der Waals surface area contributed by atoms with Gasteiger partial charge in [0.05, 0.1) is 13.2 Å². The lowest BCUT2D eigenvalue weighted by Gasteiger charge is -2.34. The van der Waals surface area contributed by atoms with Crippen LogP contribution in [-0.4, -0.2) is 72.2 Å². The van der Waals surface area contributed by atoms with Crippen LogP contribution >= 0.6 is 0 Å². The number of methoxy groups -OCH3 is 1. The lowest BCUT2D eigenvalue weighted by Crippen LogP contribution is -2.57. The number of nitrogens with one attached hydrogen (secondary N) is 2. The van der Waals surface area contributed by atoms with Crippen molar-refractivity contribution in [2.75, 3.05) is 20.2 Å². The highest BCUT2D eigenvalue weighted by atomic mass is 16.6. The number of aliphatic hydroxyl groups excluding tert-OH is 1. The van der Waals surface area contributed by atoms with Crippen LogP contribution in [0.25, 0.3) is 0 Å². The number of nitrogens with zero attached hydrogens (tertiary/aromatic N) is 1. The van der Waals surface area contributed by atoms with Crippen molar-refractivity contribution in [3.8, 4) is 0 Å². The summed E-state index contributed by atoms with van der Waals surface area (Å²) >= 11 is 0. The Balaban J connectivity index is 2.07. The molecule has 1 unspecified atom stereocenters. The van der Waals surface area contributed by atoms with E-state index in [-0.39, 0.29) is 12.0 Å². The van der Waals surface area contributed by atoms with Gasteiger partial charge in [0.25, 0.3) is 0 Å². The van der Waals surface area contributed by atoms with Crippen molar-refractivity contribution in [3.05, 3.63) is 0 Å². The Morgan fingerprint density at radius 3 is 2.57 bits per heavy atom. The first-order valence-corrected chi connectivity index (χ1v) is 7.96. The molecule has 0 aromatic carbocycles. The summed E-state index contributed by atoms with van der Waals surface area (Å²) in [4.78, 5) is 25.6. The molecule has 2 aliphatic rings. The van der Waals surface area contributed by atoms with Gasteiger partial charge in [-0.05, 0) is 33.6 Å². The molecule has 0 spiro atoms. The number of hydrogen-bond donors (Lipinski definition) is 3. The molecule has 2 rings (SSSR count). The Kier molecular flexibility index (Phi) is 5.49. The number of hydrogen-bond acceptors (Lipinski definition) is 7. The van der Waals surface area contributed by atoms with E-state index in [4.69, 9.17) is 9.47 Å². The van der Waals surface area contributed by atoms with E-state index < -0.39 is 30.0 Å². The highest BCUT2D eigenvalue weighted by Crippen LogP contribution is 2.29. The standard InChI is InChI=1S/C15H27N3O5/c1-15(2,3)23-14(21)17-10-8-16-7-9-5-6-11(13(20)22-4)18(9)12(10)19/h9-12,16,19H,5-8H2,1-4H3,(H,17,21)/t9-,10+,11+,12?/m1/s1. The summed E-state index contributed by atoms with van der Waals surface area (Å²) in [5.74, 6) is -0.357. The molecule has 2 aliphatic heterocycles. The van der Waals surface area contributed by atoms with Gasteiger partial charge in [-0.2, -0.15) is 0 Å². The number of rotatable bonds is 2. The van der Waals surface area contributed by atoms with Crippen LogP contribution in [0.5, 0.6) is 0 Å². The Labute approximate surface area is 136 Å². The minimum atomic E-state index is -0.978. The van der Waals surface area contributed by atoms with E-state index in [1.165, 1.54) is 7.11 Å². The average Bonchev–Trinajstić information content (AvgIpc) is 2.80. The highest BCUT2D eigenvalue weighted by Gasteiger charge is 2.46. The molecule has 0 saturated carbocycles. The molecule has 132 valence electrons. The molecule has 2 saturated heterocycles. The van der Waals surface area contributed by atoms with Crippen molar-refractivity contribution in [1.82, 2.24) is 15.5 Å². The number of carbonyl (C=O) groups is 2. The number of aliphatic hydroxyl groups is 1. The van der Waals surface area contributed by atoms with E-state index in [2.05, 4.69) is 10.6 Å². The van der Waals surface area contributed by atoms with Crippen LogP contribution in [0.2, 0.25) is 0 Å². The highest BCUT2D eigenvalue weighted by molar-refractivity contribution is 5.76. The van der Waals surface area contributed by atoms with E-state index in [9.17, 15) is 14.7 Å². The molecule has 2 heterocycles. The van der Waals surface area contributed by atoms with Gasteiger partial charge < -0.3 is 25.2 Å². The Bertz CT molecular complexity index is 451. The van der Waals surface area contributed by atoms with Crippen molar-refractivity contribution >= 4 is 12.1 Å². The second kappa shape index (κ2) is 7.02. The fourth-order valence-corrected chi connectivity index (χ4v) is 3.19. The summed E-state index contributed by atoms with van der Waals surface area (Å²) in [5.41, 5.74) is -0.613. The quantitative estimate of drug-likeness (QED) is 0.604. The maximum Gasteiger partial charge on any atom is 0.408 e. The van der Waals surface area contributed by atoms with Gasteiger partial charge in [-0.25, -0.2) is 4.79 Å². The van der Waals surface area contributed by atoms with Crippen LogP contribution in [0.4, 0.5) is 4.79 Å². The number of fused-ring (bicyclic) bond motifs is 1. The first-order chi connectivity index (χ1) is 10.7. The average molecular weight is 329 g/mol. The van der Waals surface area contributed by atoms with Gasteiger partial charge in [0.2, 0.25) is 0 Å². The molecule has 4 atom stereocenters. The SMILES string of the molecule is COC(=O)[C@@H]1CC[C@@H]2CNC[C@H](NC(=O)OC(C)(C)C)C(O)N21. The molecule has 23 heavy (non-hydrogen) atoms. The zero-order chi connectivity index (χ0) is 17.2. The molecule has 0 radical (unpaired) electrons. The van der Waals surface area contributed by atoms with Crippen molar-refractivity contribution in [2.45, 2.75) is 63.6 Å². The van der Waals surface area contributed by atoms with Crippen molar-refractivity contribution in [1.29, 1.82) is 0 Å². The Morgan fingerprint density at radius 1 is 1.26 bits per heavy atom. The van der Waals surface area contributed by atoms with Crippen LogP contribution < -0.4 is 10.6 Å². The maximum atomic E-state index is 12.0. The predicted molar refractivity (Wildman–Crippen MR) is 82.7 cm³/mol. The molecule has 0 aliphatic carbocycles. The maximum absolute atomic E-state index is 12.0. The van der Waals surface area contributed by atoms with E-state index in [0.717, 1.165) is 6.42 Å². The molecule has 3 N–H and O–H groups in total. The first-order valence-electron chi connectivity index (χ1n) is 7.96. The zero-order valence-corrected chi connectivity index (χ0v) is 14.2. The van der Waals surface area contributed by atoms with Crippen LogP contribution in [0.15, 0.2) is 0 Å². The topological polar surface area (TPSA) is 100 Å². The van der Waals surface area contributed by atoms with Gasteiger partial charge in [-0.1, -0.05) is 0 Å². The monoisotopic (exact) mass is 329 g/mol. The summed E-state index contributed by atoms with van der Waals surface area (Å²) in [7, 11) is 1.34. The number of ether oxygens (including phenoxy) is 2. The summed E-state index contributed by atoms with van der Waals surface area (Å²) in [5, 5.41) is 16.6. The molecule has 0 aromatic heterocycles. The Hall–Kier alpha value is -1.38. The first kappa shape index (κ1) is 18.0. The molecule has 0 aromatic rings. The van der Waals surface area contributed by atoms with Gasteiger partial charge in [-0.3, -0.25) is 9.69 Å². The largest absolute Gasteiger partial charge is 0.468 e. The van der Waals surface area contributed by atoms with E-state index >= 15 is 0 Å². The van der Waals surface area contributed by atoms with E-state index in [1.807, 2.05) is 0 Å². The third kappa shape index (κ3) is 4.33. The molecule has 8 heteroatoms. The Morgan fingerprint density at radius 2 is 1.96 bits per heavy atom. The predicted octanol–water partition coefficient (Wildman–Crippen LogP) is -0.193. The second-order valence-electron chi connectivity index (χ2n) is 7.04. The van der Waals surface area contributed by atoms with E-state index in [1.54, 1.807) is 25.7 Å².